The Hall–Kier alpha value is -1.50. The minimum atomic E-state index is -0.858. The zero-order chi connectivity index (χ0) is 13.2. The first kappa shape index (κ1) is 12.9. The number of hydrogen-bond donors (Lipinski definition) is 1. The molecule has 0 aliphatic carbocycles. The summed E-state index contributed by atoms with van der Waals surface area (Å²) in [5, 5.41) is 20.8. The van der Waals surface area contributed by atoms with Crippen LogP contribution in [0.5, 0.6) is 0 Å². The first-order chi connectivity index (χ1) is 8.57. The summed E-state index contributed by atoms with van der Waals surface area (Å²) < 4.78 is 7.10. The maximum Gasteiger partial charge on any atom is 0.311 e. The van der Waals surface area contributed by atoms with Crippen molar-refractivity contribution in [2.45, 2.75) is 45.8 Å². The molecule has 100 valence electrons. The lowest BCUT2D eigenvalue weighted by Gasteiger charge is -2.23. The fourth-order valence-electron chi connectivity index (χ4n) is 2.00. The van der Waals surface area contributed by atoms with Crippen molar-refractivity contribution in [1.82, 2.24) is 20.2 Å². The number of carboxylic acid groups (broad SMARTS) is 1. The lowest BCUT2D eigenvalue weighted by Crippen LogP contribution is -2.33. The molecule has 7 nitrogen and oxygen atoms in total. The second kappa shape index (κ2) is 5.01. The fourth-order valence-corrected chi connectivity index (χ4v) is 2.00. The maximum atomic E-state index is 11.3. The molecule has 18 heavy (non-hydrogen) atoms. The molecule has 7 heteroatoms. The highest BCUT2D eigenvalue weighted by atomic mass is 16.5. The third kappa shape index (κ3) is 2.35. The number of aliphatic carboxylic acids is 1. The Bertz CT molecular complexity index is 428. The van der Waals surface area contributed by atoms with E-state index < -0.39 is 11.4 Å². The normalized spacial score (nSPS) is 22.9. The van der Waals surface area contributed by atoms with Gasteiger partial charge in [0, 0.05) is 6.61 Å². The molecule has 1 fully saturated rings. The van der Waals surface area contributed by atoms with Crippen LogP contribution in [0.15, 0.2) is 0 Å². The Morgan fingerprint density at radius 3 is 3.00 bits per heavy atom. The van der Waals surface area contributed by atoms with Gasteiger partial charge in [0.2, 0.25) is 0 Å². The van der Waals surface area contributed by atoms with Crippen LogP contribution in [-0.2, 0) is 16.1 Å². The van der Waals surface area contributed by atoms with Crippen molar-refractivity contribution in [3.63, 3.8) is 0 Å². The van der Waals surface area contributed by atoms with Crippen LogP contribution in [0.2, 0.25) is 0 Å². The van der Waals surface area contributed by atoms with Crippen LogP contribution < -0.4 is 0 Å². The molecule has 1 aliphatic rings. The van der Waals surface area contributed by atoms with Crippen LogP contribution in [0.25, 0.3) is 0 Å². The first-order valence-electron chi connectivity index (χ1n) is 6.18. The van der Waals surface area contributed by atoms with E-state index in [-0.39, 0.29) is 12.6 Å². The second-order valence-corrected chi connectivity index (χ2v) is 4.92. The Morgan fingerprint density at radius 1 is 1.67 bits per heavy atom. The smallest absolute Gasteiger partial charge is 0.311 e. The van der Waals surface area contributed by atoms with Crippen molar-refractivity contribution < 1.29 is 14.6 Å². The van der Waals surface area contributed by atoms with Gasteiger partial charge in [0.25, 0.3) is 0 Å². The standard InChI is InChI=1S/C11H18N4O3/c1-3-11(2,10(16)17)7-15-9(12-13-14-15)8-5-4-6-18-8/h8H,3-7H2,1-2H3,(H,16,17). The molecule has 2 atom stereocenters. The van der Waals surface area contributed by atoms with Crippen molar-refractivity contribution in [3.8, 4) is 0 Å². The molecule has 0 bridgehead atoms. The van der Waals surface area contributed by atoms with E-state index in [0.29, 0.717) is 18.9 Å². The Labute approximate surface area is 105 Å². The summed E-state index contributed by atoms with van der Waals surface area (Å²) >= 11 is 0. The molecule has 0 radical (unpaired) electrons. The van der Waals surface area contributed by atoms with Crippen molar-refractivity contribution in [2.24, 2.45) is 5.41 Å². The zero-order valence-corrected chi connectivity index (χ0v) is 10.7. The topological polar surface area (TPSA) is 90.1 Å². The van der Waals surface area contributed by atoms with E-state index >= 15 is 0 Å². The van der Waals surface area contributed by atoms with E-state index in [2.05, 4.69) is 15.5 Å². The van der Waals surface area contributed by atoms with Crippen molar-refractivity contribution in [3.05, 3.63) is 5.82 Å². The van der Waals surface area contributed by atoms with E-state index in [4.69, 9.17) is 4.74 Å². The number of aromatic nitrogens is 4. The monoisotopic (exact) mass is 254 g/mol. The molecule has 1 aromatic rings. The molecule has 1 saturated heterocycles. The molecular weight excluding hydrogens is 236 g/mol. The molecule has 0 aromatic carbocycles. The van der Waals surface area contributed by atoms with Crippen LogP contribution in [0, 0.1) is 5.41 Å². The number of hydrogen-bond acceptors (Lipinski definition) is 5. The predicted molar refractivity (Wildman–Crippen MR) is 61.8 cm³/mol. The average molecular weight is 254 g/mol. The highest BCUT2D eigenvalue weighted by Gasteiger charge is 2.34. The summed E-state index contributed by atoms with van der Waals surface area (Å²) in [6, 6.07) is 0. The lowest BCUT2D eigenvalue weighted by molar-refractivity contribution is -0.149. The zero-order valence-electron chi connectivity index (χ0n) is 10.7. The summed E-state index contributed by atoms with van der Waals surface area (Å²) in [5.41, 5.74) is -0.858. The van der Waals surface area contributed by atoms with Crippen LogP contribution in [0.3, 0.4) is 0 Å². The highest BCUT2D eigenvalue weighted by molar-refractivity contribution is 5.73. The second-order valence-electron chi connectivity index (χ2n) is 4.92. The van der Waals surface area contributed by atoms with Crippen molar-refractivity contribution in [2.75, 3.05) is 6.61 Å². The van der Waals surface area contributed by atoms with Gasteiger partial charge in [-0.05, 0) is 36.6 Å². The van der Waals surface area contributed by atoms with E-state index in [1.165, 1.54) is 0 Å². The first-order valence-corrected chi connectivity index (χ1v) is 6.18. The molecule has 2 unspecified atom stereocenters. The third-order valence-corrected chi connectivity index (χ3v) is 3.57. The number of carbonyl (C=O) groups is 1. The molecule has 0 spiro atoms. The van der Waals surface area contributed by atoms with Gasteiger partial charge in [-0.3, -0.25) is 4.79 Å². The van der Waals surface area contributed by atoms with E-state index in [1.807, 2.05) is 6.92 Å². The van der Waals surface area contributed by atoms with Crippen molar-refractivity contribution in [1.29, 1.82) is 0 Å². The van der Waals surface area contributed by atoms with Crippen LogP contribution in [0.4, 0.5) is 0 Å². The van der Waals surface area contributed by atoms with Crippen LogP contribution >= 0.6 is 0 Å². The molecule has 1 aliphatic heterocycles. The molecule has 0 saturated carbocycles. The SMILES string of the molecule is CCC(C)(Cn1nnnc1C1CCCO1)C(=O)O. The third-order valence-electron chi connectivity index (χ3n) is 3.57. The van der Waals surface area contributed by atoms with Gasteiger partial charge in [0.1, 0.15) is 6.10 Å². The van der Waals surface area contributed by atoms with Crippen LogP contribution in [-0.4, -0.2) is 37.9 Å². The Balaban J connectivity index is 2.19. The molecular formula is C11H18N4O3. The van der Waals surface area contributed by atoms with Crippen molar-refractivity contribution >= 4 is 5.97 Å². The van der Waals surface area contributed by atoms with Gasteiger partial charge in [-0.25, -0.2) is 4.68 Å². The number of ether oxygens (including phenoxy) is 1. The summed E-state index contributed by atoms with van der Waals surface area (Å²) in [4.78, 5) is 11.3. The molecule has 1 aromatic heterocycles. The van der Waals surface area contributed by atoms with Gasteiger partial charge >= 0.3 is 5.97 Å². The number of tetrazole rings is 1. The number of nitrogens with zero attached hydrogens (tertiary/aromatic N) is 4. The highest BCUT2D eigenvalue weighted by Crippen LogP contribution is 2.29. The average Bonchev–Trinajstić information content (AvgIpc) is 2.98. The molecule has 2 rings (SSSR count). The maximum absolute atomic E-state index is 11.3. The van der Waals surface area contributed by atoms with Gasteiger partial charge in [-0.15, -0.1) is 5.10 Å². The minimum Gasteiger partial charge on any atom is -0.481 e. The summed E-state index contributed by atoms with van der Waals surface area (Å²) in [6.45, 7) is 4.53. The molecule has 0 amide bonds. The van der Waals surface area contributed by atoms with Gasteiger partial charge < -0.3 is 9.84 Å². The quantitative estimate of drug-likeness (QED) is 0.843. The van der Waals surface area contributed by atoms with E-state index in [1.54, 1.807) is 11.6 Å². The summed E-state index contributed by atoms with van der Waals surface area (Å²) in [7, 11) is 0. The summed E-state index contributed by atoms with van der Waals surface area (Å²) in [5.74, 6) is -0.202. The Morgan fingerprint density at radius 2 is 2.44 bits per heavy atom. The lowest BCUT2D eigenvalue weighted by atomic mass is 9.88. The molecule has 2 heterocycles. The van der Waals surface area contributed by atoms with Gasteiger partial charge in [-0.2, -0.15) is 0 Å². The predicted octanol–water partition coefficient (Wildman–Crippen LogP) is 1.03. The Kier molecular flexibility index (Phi) is 3.60. The molecule has 1 N–H and O–H groups in total. The van der Waals surface area contributed by atoms with Gasteiger partial charge in [-0.1, -0.05) is 6.92 Å². The fraction of sp³-hybridized carbons (Fsp3) is 0.818. The largest absolute Gasteiger partial charge is 0.481 e. The van der Waals surface area contributed by atoms with E-state index in [0.717, 1.165) is 12.8 Å². The number of carboxylic acids is 1. The number of rotatable bonds is 5. The van der Waals surface area contributed by atoms with Gasteiger partial charge in [0.05, 0.1) is 12.0 Å². The van der Waals surface area contributed by atoms with Crippen LogP contribution in [0.1, 0.15) is 45.0 Å². The minimum absolute atomic E-state index is 0.102. The van der Waals surface area contributed by atoms with Gasteiger partial charge in [0.15, 0.2) is 5.82 Å². The van der Waals surface area contributed by atoms with E-state index in [9.17, 15) is 9.90 Å². The summed E-state index contributed by atoms with van der Waals surface area (Å²) in [6.07, 6.45) is 2.29.